The predicted molar refractivity (Wildman–Crippen MR) is 299 cm³/mol. The molecule has 1 aliphatic heterocycles. The van der Waals surface area contributed by atoms with Gasteiger partial charge in [-0.15, -0.1) is 22.7 Å². The van der Waals surface area contributed by atoms with Gasteiger partial charge in [0.2, 0.25) is 0 Å². The van der Waals surface area contributed by atoms with E-state index in [1.54, 1.807) is 0 Å². The van der Waals surface area contributed by atoms with Gasteiger partial charge in [0, 0.05) is 57.4 Å². The van der Waals surface area contributed by atoms with Crippen LogP contribution in [0.2, 0.25) is 0 Å². The molecule has 0 aliphatic carbocycles. The summed E-state index contributed by atoms with van der Waals surface area (Å²) in [6.45, 7) is -0.736. The van der Waals surface area contributed by atoms with Gasteiger partial charge in [-0.05, 0) is 87.2 Å². The van der Waals surface area contributed by atoms with E-state index in [0.29, 0.717) is 0 Å². The molecule has 10 aromatic carbocycles. The molecule has 0 radical (unpaired) electrons. The molecule has 3 nitrogen and oxygen atoms in total. The zero-order valence-electron chi connectivity index (χ0n) is 37.1. The van der Waals surface area contributed by atoms with Crippen molar-refractivity contribution in [3.63, 3.8) is 0 Å². The predicted octanol–water partition coefficient (Wildman–Crippen LogP) is 13.8. The summed E-state index contributed by atoms with van der Waals surface area (Å²) in [5.74, 6) is 0. The first kappa shape index (κ1) is 40.5. The summed E-state index contributed by atoms with van der Waals surface area (Å²) >= 11 is 3.77. The SMILES string of the molecule is c1ccc(B2N(c3ccccc3)B(c3ccc(-c4cccc5c4sc4ccccc45)cc3)N(c3ccccc3)B(c3cccc(-c4cccc5c4sc4ccccc45)c3)N2c2ccccc2)cc1. The molecule has 0 saturated carbocycles. The second kappa shape index (κ2) is 17.1. The molecule has 0 spiro atoms. The van der Waals surface area contributed by atoms with Crippen molar-refractivity contribution in [3.05, 3.63) is 255 Å². The summed E-state index contributed by atoms with van der Waals surface area (Å²) < 4.78 is 13.2. The van der Waals surface area contributed by atoms with E-state index in [4.69, 9.17) is 0 Å². The van der Waals surface area contributed by atoms with Crippen molar-refractivity contribution in [2.24, 2.45) is 0 Å². The Morgan fingerprint density at radius 3 is 1.13 bits per heavy atom. The molecular formula is C60H42B3N3S2. The first-order valence-electron chi connectivity index (χ1n) is 23.3. The molecule has 8 heteroatoms. The Bertz CT molecular complexity index is 3740. The smallest absolute Gasteiger partial charge is 0.388 e. The number of fused-ring (bicyclic) bond motifs is 6. The molecule has 1 saturated heterocycles. The average Bonchev–Trinajstić information content (AvgIpc) is 4.00. The standard InChI is InChI=1S/C60H42B3N3S2/c1-5-21-45(22-6-1)61-64(48-24-7-2-8-25-48)62(46-40-38-43(39-41-46)51-32-18-34-55-53-30-13-15-36-57(53)67-59(51)55)66(50-28-11-4-12-29-50)63(65(61)49-26-9-3-10-27-49)47-23-17-20-44(42-47)52-33-19-35-56-54-31-14-16-37-58(54)68-60(52)56/h1-42H. The third-order valence-electron chi connectivity index (χ3n) is 13.7. The van der Waals surface area contributed by atoms with E-state index in [-0.39, 0.29) is 20.9 Å². The highest BCUT2D eigenvalue weighted by Crippen LogP contribution is 2.42. The van der Waals surface area contributed by atoms with Crippen molar-refractivity contribution in [1.29, 1.82) is 0 Å². The fourth-order valence-corrected chi connectivity index (χ4v) is 13.2. The molecule has 0 amide bonds. The quantitative estimate of drug-likeness (QED) is 0.141. The molecule has 13 rings (SSSR count). The van der Waals surface area contributed by atoms with Crippen LogP contribution in [0.15, 0.2) is 255 Å². The van der Waals surface area contributed by atoms with Gasteiger partial charge >= 0.3 is 20.9 Å². The first-order valence-corrected chi connectivity index (χ1v) is 25.0. The zero-order chi connectivity index (χ0) is 45.0. The van der Waals surface area contributed by atoms with Crippen LogP contribution in [0.3, 0.4) is 0 Å². The number of nitrogens with zero attached hydrogens (tertiary/aromatic N) is 3. The summed E-state index contributed by atoms with van der Waals surface area (Å²) in [7, 11) is 0. The summed E-state index contributed by atoms with van der Waals surface area (Å²) in [6, 6.07) is 94.2. The lowest BCUT2D eigenvalue weighted by molar-refractivity contribution is 1.29. The van der Waals surface area contributed by atoms with Crippen LogP contribution in [0.1, 0.15) is 0 Å². The normalized spacial score (nSPS) is 13.1. The van der Waals surface area contributed by atoms with Crippen molar-refractivity contribution in [2.75, 3.05) is 14.2 Å². The molecule has 3 heterocycles. The van der Waals surface area contributed by atoms with E-state index in [2.05, 4.69) is 269 Å². The molecule has 0 N–H and O–H groups in total. The molecule has 12 aromatic rings. The van der Waals surface area contributed by atoms with Gasteiger partial charge in [-0.2, -0.15) is 0 Å². The van der Waals surface area contributed by atoms with Crippen LogP contribution in [0.25, 0.3) is 62.6 Å². The number of hydrogen-bond donors (Lipinski definition) is 0. The van der Waals surface area contributed by atoms with Crippen molar-refractivity contribution in [2.45, 2.75) is 0 Å². The Hall–Kier alpha value is -7.77. The maximum Gasteiger partial charge on any atom is 0.388 e. The highest BCUT2D eigenvalue weighted by molar-refractivity contribution is 7.26. The molecule has 0 bridgehead atoms. The summed E-state index contributed by atoms with van der Waals surface area (Å²) in [4.78, 5) is 0. The monoisotopic (exact) mass is 901 g/mol. The fourth-order valence-electron chi connectivity index (χ4n) is 10.7. The van der Waals surface area contributed by atoms with E-state index < -0.39 is 0 Å². The minimum atomic E-state index is -0.261. The molecule has 68 heavy (non-hydrogen) atoms. The highest BCUT2D eigenvalue weighted by Gasteiger charge is 2.55. The number of anilines is 3. The lowest BCUT2D eigenvalue weighted by Crippen LogP contribution is -2.86. The lowest BCUT2D eigenvalue weighted by atomic mass is 9.37. The number of hydrogen-bond acceptors (Lipinski definition) is 5. The van der Waals surface area contributed by atoms with Crippen molar-refractivity contribution >= 4 is 117 Å². The zero-order valence-corrected chi connectivity index (χ0v) is 38.8. The van der Waals surface area contributed by atoms with Crippen LogP contribution in [-0.2, 0) is 0 Å². The molecule has 318 valence electrons. The largest absolute Gasteiger partial charge is 0.416 e. The second-order valence-corrected chi connectivity index (χ2v) is 19.7. The average molecular weight is 902 g/mol. The van der Waals surface area contributed by atoms with Gasteiger partial charge in [0.05, 0.1) is 0 Å². The highest BCUT2D eigenvalue weighted by atomic mass is 32.1. The van der Waals surface area contributed by atoms with Crippen molar-refractivity contribution in [1.82, 2.24) is 0 Å². The summed E-state index contributed by atoms with van der Waals surface area (Å²) in [5, 5.41) is 5.24. The third-order valence-corrected chi connectivity index (χ3v) is 16.1. The van der Waals surface area contributed by atoms with Crippen LogP contribution >= 0.6 is 22.7 Å². The summed E-state index contributed by atoms with van der Waals surface area (Å²) in [5.41, 5.74) is 12.0. The van der Waals surface area contributed by atoms with E-state index in [1.807, 2.05) is 22.7 Å². The maximum absolute atomic E-state index is 2.67. The molecule has 0 atom stereocenters. The first-order chi connectivity index (χ1) is 33.8. The van der Waals surface area contributed by atoms with Crippen LogP contribution in [0.4, 0.5) is 17.1 Å². The van der Waals surface area contributed by atoms with E-state index >= 15 is 0 Å². The van der Waals surface area contributed by atoms with Crippen molar-refractivity contribution < 1.29 is 0 Å². The van der Waals surface area contributed by atoms with Gasteiger partial charge in [-0.25, -0.2) is 0 Å². The van der Waals surface area contributed by atoms with Gasteiger partial charge < -0.3 is 14.2 Å². The van der Waals surface area contributed by atoms with E-state index in [9.17, 15) is 0 Å². The minimum absolute atomic E-state index is 0.224. The van der Waals surface area contributed by atoms with Gasteiger partial charge in [0.25, 0.3) is 0 Å². The topological polar surface area (TPSA) is 9.72 Å². The van der Waals surface area contributed by atoms with Gasteiger partial charge in [-0.3, -0.25) is 0 Å². The number of benzene rings is 10. The fraction of sp³-hybridized carbons (Fsp3) is 0. The number of para-hydroxylation sites is 3. The Morgan fingerprint density at radius 1 is 0.265 bits per heavy atom. The molecular weight excluding hydrogens is 859 g/mol. The minimum Gasteiger partial charge on any atom is -0.416 e. The van der Waals surface area contributed by atoms with Gasteiger partial charge in [0.1, 0.15) is 0 Å². The Kier molecular flexibility index (Phi) is 10.2. The van der Waals surface area contributed by atoms with Crippen LogP contribution in [0, 0.1) is 0 Å². The van der Waals surface area contributed by atoms with E-state index in [1.165, 1.54) is 79.0 Å². The number of thiophene rings is 2. The molecule has 1 fully saturated rings. The van der Waals surface area contributed by atoms with Gasteiger partial charge in [0.15, 0.2) is 0 Å². The van der Waals surface area contributed by atoms with E-state index in [0.717, 1.165) is 17.1 Å². The Morgan fingerprint density at radius 2 is 0.632 bits per heavy atom. The number of rotatable bonds is 8. The maximum atomic E-state index is 2.67. The summed E-state index contributed by atoms with van der Waals surface area (Å²) in [6.07, 6.45) is 0. The lowest BCUT2D eigenvalue weighted by Gasteiger charge is -2.57. The van der Waals surface area contributed by atoms with Gasteiger partial charge in [-0.1, -0.05) is 206 Å². The van der Waals surface area contributed by atoms with Crippen LogP contribution < -0.4 is 30.6 Å². The van der Waals surface area contributed by atoms with Crippen LogP contribution in [0.5, 0.6) is 0 Å². The van der Waals surface area contributed by atoms with Crippen molar-refractivity contribution in [3.8, 4) is 22.3 Å². The van der Waals surface area contributed by atoms with Crippen LogP contribution in [-0.4, -0.2) is 20.9 Å². The molecule has 2 aromatic heterocycles. The molecule has 0 unspecified atom stereocenters. The molecule has 1 aliphatic rings. The Balaban J connectivity index is 1.06. The Labute approximate surface area is 406 Å². The second-order valence-electron chi connectivity index (χ2n) is 17.6. The third kappa shape index (κ3) is 6.90.